The van der Waals surface area contributed by atoms with Crippen LogP contribution in [0.4, 0.5) is 5.69 Å². The molecule has 0 aliphatic heterocycles. The molecule has 2 N–H and O–H groups in total. The maximum atomic E-state index is 11.7. The van der Waals surface area contributed by atoms with Gasteiger partial charge in [-0.15, -0.1) is 0 Å². The highest BCUT2D eigenvalue weighted by molar-refractivity contribution is 5.89. The van der Waals surface area contributed by atoms with Crippen molar-refractivity contribution in [3.8, 4) is 0 Å². The highest BCUT2D eigenvalue weighted by Crippen LogP contribution is 2.49. The summed E-state index contributed by atoms with van der Waals surface area (Å²) in [6.45, 7) is 8.53. The molecule has 1 fully saturated rings. The zero-order chi connectivity index (χ0) is 17.9. The van der Waals surface area contributed by atoms with Gasteiger partial charge < -0.3 is 15.2 Å². The molecule has 0 amide bonds. The van der Waals surface area contributed by atoms with Crippen molar-refractivity contribution in [3.63, 3.8) is 0 Å². The summed E-state index contributed by atoms with van der Waals surface area (Å²) in [7, 11) is 0. The van der Waals surface area contributed by atoms with E-state index in [9.17, 15) is 9.59 Å². The molecular weight excluding hydrogens is 306 g/mol. The summed E-state index contributed by atoms with van der Waals surface area (Å²) in [5.41, 5.74) is 1.35. The molecule has 5 nitrogen and oxygen atoms in total. The smallest absolute Gasteiger partial charge is 0.338 e. The molecule has 1 saturated carbocycles. The Morgan fingerprint density at radius 1 is 1.29 bits per heavy atom. The number of carboxylic acids is 1. The number of benzene rings is 1. The van der Waals surface area contributed by atoms with Crippen molar-refractivity contribution in [3.05, 3.63) is 29.8 Å². The number of hydrogen-bond acceptors (Lipinski definition) is 4. The van der Waals surface area contributed by atoms with Crippen molar-refractivity contribution in [2.24, 2.45) is 17.3 Å². The van der Waals surface area contributed by atoms with Crippen LogP contribution in [0.3, 0.4) is 0 Å². The Balaban J connectivity index is 2.08. The van der Waals surface area contributed by atoms with Crippen molar-refractivity contribution in [1.82, 2.24) is 0 Å². The van der Waals surface area contributed by atoms with Crippen molar-refractivity contribution < 1.29 is 19.4 Å². The van der Waals surface area contributed by atoms with Gasteiger partial charge in [0, 0.05) is 18.2 Å². The summed E-state index contributed by atoms with van der Waals surface area (Å²) in [6, 6.07) is 7.45. The van der Waals surface area contributed by atoms with E-state index >= 15 is 0 Å². The van der Waals surface area contributed by atoms with E-state index in [0.717, 1.165) is 12.1 Å². The van der Waals surface area contributed by atoms with E-state index in [-0.39, 0.29) is 29.8 Å². The Bertz CT molecular complexity index is 594. The third-order valence-electron chi connectivity index (χ3n) is 5.28. The molecule has 24 heavy (non-hydrogen) atoms. The van der Waals surface area contributed by atoms with Gasteiger partial charge in [-0.05, 0) is 54.9 Å². The number of ether oxygens (including phenoxy) is 1. The number of carbonyl (C=O) groups excluding carboxylic acids is 1. The first kappa shape index (κ1) is 18.3. The lowest BCUT2D eigenvalue weighted by Gasteiger charge is -2.34. The molecule has 5 heteroatoms. The Hall–Kier alpha value is -2.04. The van der Waals surface area contributed by atoms with E-state index in [1.54, 1.807) is 19.1 Å². The van der Waals surface area contributed by atoms with Crippen molar-refractivity contribution in [2.45, 2.75) is 46.6 Å². The fraction of sp³-hybridized carbons (Fsp3) is 0.579. The van der Waals surface area contributed by atoms with Crippen LogP contribution in [0, 0.1) is 17.3 Å². The second-order valence-corrected chi connectivity index (χ2v) is 7.23. The number of esters is 1. The van der Waals surface area contributed by atoms with Crippen LogP contribution in [-0.2, 0) is 9.53 Å². The molecule has 1 aromatic carbocycles. The minimum atomic E-state index is -0.737. The monoisotopic (exact) mass is 333 g/mol. The van der Waals surface area contributed by atoms with Gasteiger partial charge in [0.2, 0.25) is 0 Å². The van der Waals surface area contributed by atoms with Crippen LogP contribution in [0.25, 0.3) is 0 Å². The first-order chi connectivity index (χ1) is 11.3. The predicted molar refractivity (Wildman–Crippen MR) is 93.1 cm³/mol. The van der Waals surface area contributed by atoms with Crippen LogP contribution in [0.2, 0.25) is 0 Å². The minimum Gasteiger partial charge on any atom is -0.481 e. The lowest BCUT2D eigenvalue weighted by molar-refractivity contribution is -0.139. The third-order valence-corrected chi connectivity index (χ3v) is 5.28. The highest BCUT2D eigenvalue weighted by Gasteiger charge is 2.47. The number of hydrogen-bond donors (Lipinski definition) is 2. The fourth-order valence-corrected chi connectivity index (χ4v) is 3.85. The van der Waals surface area contributed by atoms with Gasteiger partial charge in [-0.3, -0.25) is 4.79 Å². The maximum Gasteiger partial charge on any atom is 0.338 e. The lowest BCUT2D eigenvalue weighted by Crippen LogP contribution is -2.36. The van der Waals surface area contributed by atoms with E-state index in [1.165, 1.54) is 0 Å². The number of carbonyl (C=O) groups is 2. The highest BCUT2D eigenvalue weighted by atomic mass is 16.5. The molecule has 0 radical (unpaired) electrons. The van der Waals surface area contributed by atoms with Crippen molar-refractivity contribution in [2.75, 3.05) is 11.9 Å². The Kier molecular flexibility index (Phi) is 5.52. The molecule has 0 spiro atoms. The standard InChI is InChI=1S/C19H27NO4/c1-5-24-18(23)13-6-8-14(9-7-13)20-16-10-12(2)15(11-17(21)22)19(16,3)4/h6-9,12,15-16,20H,5,10-11H2,1-4H3,(H,21,22). The fourth-order valence-electron chi connectivity index (χ4n) is 3.85. The zero-order valence-electron chi connectivity index (χ0n) is 14.8. The first-order valence-electron chi connectivity index (χ1n) is 8.51. The average Bonchev–Trinajstić information content (AvgIpc) is 2.71. The molecule has 1 aliphatic carbocycles. The number of rotatable bonds is 6. The summed E-state index contributed by atoms with van der Waals surface area (Å²) in [4.78, 5) is 22.8. The molecule has 0 saturated heterocycles. The van der Waals surface area contributed by atoms with Crippen molar-refractivity contribution in [1.29, 1.82) is 0 Å². The minimum absolute atomic E-state index is 0.113. The first-order valence-corrected chi connectivity index (χ1v) is 8.51. The van der Waals surface area contributed by atoms with Gasteiger partial charge in [-0.25, -0.2) is 4.79 Å². The summed E-state index contributed by atoms with van der Waals surface area (Å²) in [5.74, 6) is -0.557. The summed E-state index contributed by atoms with van der Waals surface area (Å²) in [6.07, 6.45) is 1.14. The largest absolute Gasteiger partial charge is 0.481 e. The van der Waals surface area contributed by atoms with Crippen LogP contribution in [-0.4, -0.2) is 29.7 Å². The number of nitrogens with one attached hydrogen (secondary N) is 1. The number of anilines is 1. The summed E-state index contributed by atoms with van der Waals surface area (Å²) >= 11 is 0. The van der Waals surface area contributed by atoms with Gasteiger partial charge in [0.25, 0.3) is 0 Å². The molecule has 0 aromatic heterocycles. The van der Waals surface area contributed by atoms with Gasteiger partial charge in [-0.1, -0.05) is 20.8 Å². The molecule has 3 unspecified atom stereocenters. The van der Waals surface area contributed by atoms with Gasteiger partial charge >= 0.3 is 11.9 Å². The molecule has 1 aliphatic rings. The van der Waals surface area contributed by atoms with Gasteiger partial charge in [0.05, 0.1) is 12.2 Å². The quantitative estimate of drug-likeness (QED) is 0.774. The van der Waals surface area contributed by atoms with Crippen LogP contribution < -0.4 is 5.32 Å². The van der Waals surface area contributed by atoms with Crippen molar-refractivity contribution >= 4 is 17.6 Å². The van der Waals surface area contributed by atoms with Gasteiger partial charge in [0.1, 0.15) is 0 Å². The molecular formula is C19H27NO4. The van der Waals surface area contributed by atoms with Crippen LogP contribution in [0.5, 0.6) is 0 Å². The van der Waals surface area contributed by atoms with Gasteiger partial charge in [-0.2, -0.15) is 0 Å². The van der Waals surface area contributed by atoms with E-state index in [1.807, 2.05) is 12.1 Å². The molecule has 2 rings (SSSR count). The molecule has 132 valence electrons. The molecule has 0 bridgehead atoms. The number of aliphatic carboxylic acids is 1. The number of carboxylic acid groups (broad SMARTS) is 1. The third kappa shape index (κ3) is 3.89. The Labute approximate surface area is 143 Å². The Morgan fingerprint density at radius 3 is 2.46 bits per heavy atom. The normalized spacial score (nSPS) is 25.2. The zero-order valence-corrected chi connectivity index (χ0v) is 14.8. The molecule has 0 heterocycles. The van der Waals surface area contributed by atoms with E-state index in [4.69, 9.17) is 9.84 Å². The molecule has 1 aromatic rings. The van der Waals surface area contributed by atoms with E-state index < -0.39 is 5.97 Å². The van der Waals surface area contributed by atoms with Crippen LogP contribution in [0.1, 0.15) is 50.9 Å². The maximum absolute atomic E-state index is 11.7. The second-order valence-electron chi connectivity index (χ2n) is 7.23. The SMILES string of the molecule is CCOC(=O)c1ccc(NC2CC(C)C(CC(=O)O)C2(C)C)cc1. The topological polar surface area (TPSA) is 75.6 Å². The Morgan fingerprint density at radius 2 is 1.92 bits per heavy atom. The molecule has 3 atom stereocenters. The van der Waals surface area contributed by atoms with Crippen LogP contribution >= 0.6 is 0 Å². The summed E-state index contributed by atoms with van der Waals surface area (Å²) in [5, 5.41) is 12.7. The predicted octanol–water partition coefficient (Wildman–Crippen LogP) is 3.80. The second kappa shape index (κ2) is 7.24. The average molecular weight is 333 g/mol. The van der Waals surface area contributed by atoms with E-state index in [0.29, 0.717) is 18.1 Å². The summed E-state index contributed by atoms with van der Waals surface area (Å²) < 4.78 is 4.98. The van der Waals surface area contributed by atoms with Crippen LogP contribution in [0.15, 0.2) is 24.3 Å². The van der Waals surface area contributed by atoms with Gasteiger partial charge in [0.15, 0.2) is 0 Å². The lowest BCUT2D eigenvalue weighted by atomic mass is 9.75. The van der Waals surface area contributed by atoms with E-state index in [2.05, 4.69) is 26.1 Å².